The van der Waals surface area contributed by atoms with Crippen LogP contribution < -0.4 is 4.74 Å². The molecule has 0 atom stereocenters. The Morgan fingerprint density at radius 2 is 1.79 bits per heavy atom. The Hall–Kier alpha value is -2.28. The number of unbranched alkanes of at least 4 members (excludes halogenated alkanes) is 5. The van der Waals surface area contributed by atoms with Gasteiger partial charge in [-0.1, -0.05) is 51.2 Å². The van der Waals surface area contributed by atoms with Crippen LogP contribution in [0.4, 0.5) is 4.79 Å². The minimum absolute atomic E-state index is 0.109. The number of rotatable bonds is 12. The van der Waals surface area contributed by atoms with Crippen molar-refractivity contribution in [3.05, 3.63) is 34.7 Å². The lowest BCUT2D eigenvalue weighted by Crippen LogP contribution is -2.30. The average Bonchev–Trinajstić information content (AvgIpc) is 2.93. The Labute approximate surface area is 169 Å². The van der Waals surface area contributed by atoms with Gasteiger partial charge in [-0.05, 0) is 42.0 Å². The monoisotopic (exact) mass is 405 g/mol. The van der Waals surface area contributed by atoms with Crippen LogP contribution in [0.15, 0.2) is 29.2 Å². The van der Waals surface area contributed by atoms with Crippen molar-refractivity contribution in [3.63, 3.8) is 0 Å². The molecular formula is C21H27NO5S. The molecule has 1 fully saturated rings. The second kappa shape index (κ2) is 11.5. The maximum atomic E-state index is 12.3. The summed E-state index contributed by atoms with van der Waals surface area (Å²) in [5.41, 5.74) is 0.788. The zero-order chi connectivity index (χ0) is 20.4. The van der Waals surface area contributed by atoms with E-state index in [1.165, 1.54) is 32.1 Å². The van der Waals surface area contributed by atoms with Crippen LogP contribution in [0.25, 0.3) is 6.08 Å². The van der Waals surface area contributed by atoms with Crippen LogP contribution in [0.2, 0.25) is 0 Å². The number of aliphatic carboxylic acids is 1. The van der Waals surface area contributed by atoms with Crippen LogP contribution in [0, 0.1) is 0 Å². The van der Waals surface area contributed by atoms with Gasteiger partial charge >= 0.3 is 5.97 Å². The van der Waals surface area contributed by atoms with E-state index >= 15 is 0 Å². The molecule has 0 spiro atoms. The van der Waals surface area contributed by atoms with Gasteiger partial charge in [-0.2, -0.15) is 0 Å². The van der Waals surface area contributed by atoms with E-state index in [4.69, 9.17) is 9.84 Å². The summed E-state index contributed by atoms with van der Waals surface area (Å²) in [5, 5.41) is 8.28. The molecule has 0 aliphatic carbocycles. The number of carbonyl (C=O) groups excluding carboxylic acids is 2. The molecule has 0 bridgehead atoms. The largest absolute Gasteiger partial charge is 0.494 e. The van der Waals surface area contributed by atoms with Crippen LogP contribution in [0.3, 0.4) is 0 Å². The summed E-state index contributed by atoms with van der Waals surface area (Å²) in [6.07, 6.45) is 8.67. The molecule has 1 aromatic rings. The highest BCUT2D eigenvalue weighted by Crippen LogP contribution is 2.32. The number of amides is 2. The van der Waals surface area contributed by atoms with E-state index in [-0.39, 0.29) is 13.0 Å². The van der Waals surface area contributed by atoms with Gasteiger partial charge in [0.25, 0.3) is 11.1 Å². The third-order valence-corrected chi connectivity index (χ3v) is 5.27. The molecule has 1 aromatic carbocycles. The molecule has 6 nitrogen and oxygen atoms in total. The summed E-state index contributed by atoms with van der Waals surface area (Å²) in [6.45, 7) is 2.79. The predicted octanol–water partition coefficient (Wildman–Crippen LogP) is 4.94. The Bertz CT molecular complexity index is 714. The van der Waals surface area contributed by atoms with Gasteiger partial charge in [0.1, 0.15) is 5.75 Å². The third kappa shape index (κ3) is 7.03. The number of benzene rings is 1. The highest BCUT2D eigenvalue weighted by molar-refractivity contribution is 8.18. The third-order valence-electron chi connectivity index (χ3n) is 4.37. The number of thioether (sulfide) groups is 1. The molecule has 7 heteroatoms. The fraction of sp³-hybridized carbons (Fsp3) is 0.476. The molecule has 0 unspecified atom stereocenters. The van der Waals surface area contributed by atoms with E-state index < -0.39 is 17.1 Å². The first-order valence-corrected chi connectivity index (χ1v) is 10.5. The van der Waals surface area contributed by atoms with Crippen LogP contribution in [-0.4, -0.2) is 40.3 Å². The smallest absolute Gasteiger partial charge is 0.305 e. The zero-order valence-corrected chi connectivity index (χ0v) is 17.0. The second-order valence-electron chi connectivity index (χ2n) is 6.66. The van der Waals surface area contributed by atoms with Gasteiger partial charge in [0, 0.05) is 6.54 Å². The van der Waals surface area contributed by atoms with E-state index in [9.17, 15) is 14.4 Å². The molecule has 2 amide bonds. The number of nitrogens with zero attached hydrogens (tertiary/aromatic N) is 1. The molecule has 2 rings (SSSR count). The minimum atomic E-state index is -1.04. The van der Waals surface area contributed by atoms with E-state index in [1.54, 1.807) is 6.08 Å². The van der Waals surface area contributed by atoms with Gasteiger partial charge in [-0.25, -0.2) is 0 Å². The standard InChI is InChI=1S/C21H27NO5S/c1-2-3-4-5-6-7-14-27-17-10-8-16(9-11-17)15-18-20(25)22(21(26)28-18)13-12-19(23)24/h8-11,15H,2-7,12-14H2,1H3,(H,23,24)/b18-15-. The van der Waals surface area contributed by atoms with Crippen molar-refractivity contribution in [1.29, 1.82) is 0 Å². The van der Waals surface area contributed by atoms with E-state index in [0.29, 0.717) is 11.5 Å². The lowest BCUT2D eigenvalue weighted by molar-refractivity contribution is -0.137. The van der Waals surface area contributed by atoms with Gasteiger partial charge < -0.3 is 9.84 Å². The summed E-state index contributed by atoms with van der Waals surface area (Å²) >= 11 is 0.832. The first-order valence-electron chi connectivity index (χ1n) is 9.71. The van der Waals surface area contributed by atoms with E-state index in [0.717, 1.165) is 34.4 Å². The summed E-state index contributed by atoms with van der Waals surface area (Å²) < 4.78 is 5.74. The highest BCUT2D eigenvalue weighted by atomic mass is 32.2. The summed E-state index contributed by atoms with van der Waals surface area (Å²) in [5.74, 6) is -0.709. The molecule has 28 heavy (non-hydrogen) atoms. The number of carboxylic acids is 1. The Kier molecular flexibility index (Phi) is 9.07. The number of hydrogen-bond acceptors (Lipinski definition) is 5. The van der Waals surface area contributed by atoms with Crippen molar-refractivity contribution >= 4 is 35.0 Å². The van der Waals surface area contributed by atoms with Gasteiger partial charge in [0.05, 0.1) is 17.9 Å². The van der Waals surface area contributed by atoms with Gasteiger partial charge in [-0.15, -0.1) is 0 Å². The predicted molar refractivity (Wildman–Crippen MR) is 110 cm³/mol. The zero-order valence-electron chi connectivity index (χ0n) is 16.2. The van der Waals surface area contributed by atoms with Gasteiger partial charge in [0.2, 0.25) is 0 Å². The topological polar surface area (TPSA) is 83.9 Å². The molecule has 1 saturated heterocycles. The van der Waals surface area contributed by atoms with E-state index in [1.807, 2.05) is 24.3 Å². The van der Waals surface area contributed by atoms with Crippen molar-refractivity contribution in [3.8, 4) is 5.75 Å². The fourth-order valence-electron chi connectivity index (χ4n) is 2.78. The SMILES string of the molecule is CCCCCCCCOc1ccc(/C=C2\SC(=O)N(CCC(=O)O)C2=O)cc1. The van der Waals surface area contributed by atoms with Crippen molar-refractivity contribution in [2.24, 2.45) is 0 Å². The molecule has 152 valence electrons. The number of carboxylic acid groups (broad SMARTS) is 1. The quantitative estimate of drug-likeness (QED) is 0.392. The Balaban J connectivity index is 1.82. The summed E-state index contributed by atoms with van der Waals surface area (Å²) in [4.78, 5) is 36.1. The van der Waals surface area contributed by atoms with Crippen molar-refractivity contribution in [2.45, 2.75) is 51.9 Å². The molecule has 1 N–H and O–H groups in total. The Morgan fingerprint density at radius 3 is 2.46 bits per heavy atom. The molecule has 0 saturated carbocycles. The van der Waals surface area contributed by atoms with Gasteiger partial charge in [0.15, 0.2) is 0 Å². The van der Waals surface area contributed by atoms with Crippen LogP contribution in [0.1, 0.15) is 57.4 Å². The lowest BCUT2D eigenvalue weighted by atomic mass is 10.1. The molecule has 1 aliphatic rings. The number of ether oxygens (including phenoxy) is 1. The van der Waals surface area contributed by atoms with Crippen LogP contribution in [-0.2, 0) is 9.59 Å². The van der Waals surface area contributed by atoms with Crippen molar-refractivity contribution < 1.29 is 24.2 Å². The number of imide groups is 1. The normalized spacial score (nSPS) is 15.5. The maximum absolute atomic E-state index is 12.3. The van der Waals surface area contributed by atoms with Crippen LogP contribution >= 0.6 is 11.8 Å². The first-order chi connectivity index (χ1) is 13.5. The number of hydrogen-bond donors (Lipinski definition) is 1. The highest BCUT2D eigenvalue weighted by Gasteiger charge is 2.34. The average molecular weight is 406 g/mol. The first kappa shape index (κ1) is 22.0. The van der Waals surface area contributed by atoms with Crippen molar-refractivity contribution in [1.82, 2.24) is 4.90 Å². The Morgan fingerprint density at radius 1 is 1.11 bits per heavy atom. The fourth-order valence-corrected chi connectivity index (χ4v) is 3.65. The lowest BCUT2D eigenvalue weighted by Gasteiger charge is -2.09. The summed E-state index contributed by atoms with van der Waals surface area (Å²) in [6, 6.07) is 7.36. The molecule has 1 heterocycles. The molecule has 1 aliphatic heterocycles. The summed E-state index contributed by atoms with van der Waals surface area (Å²) in [7, 11) is 0. The van der Waals surface area contributed by atoms with E-state index in [2.05, 4.69) is 6.92 Å². The maximum Gasteiger partial charge on any atom is 0.305 e. The van der Waals surface area contributed by atoms with Crippen LogP contribution in [0.5, 0.6) is 5.75 Å². The van der Waals surface area contributed by atoms with Crippen molar-refractivity contribution in [2.75, 3.05) is 13.2 Å². The number of carbonyl (C=O) groups is 3. The molecule has 0 aromatic heterocycles. The second-order valence-corrected chi connectivity index (χ2v) is 7.66. The minimum Gasteiger partial charge on any atom is -0.494 e. The van der Waals surface area contributed by atoms with Gasteiger partial charge in [-0.3, -0.25) is 19.3 Å². The molecule has 0 radical (unpaired) electrons. The molecular weight excluding hydrogens is 378 g/mol.